The van der Waals surface area contributed by atoms with Gasteiger partial charge < -0.3 is 15.1 Å². The molecule has 0 atom stereocenters. The van der Waals surface area contributed by atoms with Crippen molar-refractivity contribution in [2.24, 2.45) is 0 Å². The van der Waals surface area contributed by atoms with Gasteiger partial charge in [-0.1, -0.05) is 35.9 Å². The summed E-state index contributed by atoms with van der Waals surface area (Å²) in [5.41, 5.74) is 5.41. The molecule has 0 unspecified atom stereocenters. The number of hydrogen-bond acceptors (Lipinski definition) is 5. The van der Waals surface area contributed by atoms with Crippen molar-refractivity contribution in [2.75, 3.05) is 17.7 Å². The van der Waals surface area contributed by atoms with Gasteiger partial charge >= 0.3 is 12.0 Å². The van der Waals surface area contributed by atoms with Crippen LogP contribution < -0.4 is 10.6 Å². The van der Waals surface area contributed by atoms with Crippen molar-refractivity contribution in [1.29, 1.82) is 0 Å². The summed E-state index contributed by atoms with van der Waals surface area (Å²) in [6, 6.07) is 1.21. The molecule has 2 N–H and O–H groups in total. The van der Waals surface area contributed by atoms with E-state index >= 15 is 0 Å². The second-order valence-electron chi connectivity index (χ2n) is 4.18. The molecule has 0 saturated heterocycles. The minimum absolute atomic E-state index is 0.144. The first kappa shape index (κ1) is 10.3. The molecule has 0 amide bonds. The summed E-state index contributed by atoms with van der Waals surface area (Å²) in [5, 5.41) is 7.58. The molecule has 1 aromatic heterocycles. The first-order valence-corrected chi connectivity index (χ1v) is 5.59. The minimum atomic E-state index is 0.144. The molecule has 0 aliphatic heterocycles. The normalized spacial score (nSPS) is 18.7. The fourth-order valence-corrected chi connectivity index (χ4v) is 2.17. The average molecular weight is 210 g/mol. The summed E-state index contributed by atoms with van der Waals surface area (Å²) >= 11 is 0. The van der Waals surface area contributed by atoms with Crippen molar-refractivity contribution >= 4 is 12.0 Å². The van der Waals surface area contributed by atoms with Crippen molar-refractivity contribution in [3.05, 3.63) is 0 Å². The number of hydrogen-bond donors (Lipinski definition) is 1. The monoisotopic (exact) mass is 210 g/mol. The van der Waals surface area contributed by atoms with Gasteiger partial charge in [0.05, 0.1) is 0 Å². The zero-order chi connectivity index (χ0) is 10.7. The van der Waals surface area contributed by atoms with Crippen molar-refractivity contribution in [3.63, 3.8) is 0 Å². The van der Waals surface area contributed by atoms with Crippen LogP contribution in [0.15, 0.2) is 4.42 Å². The molecular formula is C10H18N4O. The quantitative estimate of drug-likeness (QED) is 0.754. The van der Waals surface area contributed by atoms with E-state index in [2.05, 4.69) is 15.1 Å². The van der Waals surface area contributed by atoms with E-state index in [9.17, 15) is 0 Å². The van der Waals surface area contributed by atoms with E-state index < -0.39 is 0 Å². The van der Waals surface area contributed by atoms with Gasteiger partial charge in [0.15, 0.2) is 0 Å². The fraction of sp³-hybridized carbons (Fsp3) is 0.800. The zero-order valence-corrected chi connectivity index (χ0v) is 9.15. The molecule has 2 rings (SSSR count). The van der Waals surface area contributed by atoms with E-state index in [-0.39, 0.29) is 6.01 Å². The molecule has 0 aromatic carbocycles. The van der Waals surface area contributed by atoms with Crippen LogP contribution in [0.5, 0.6) is 0 Å². The molecule has 5 nitrogen and oxygen atoms in total. The Morgan fingerprint density at radius 1 is 1.20 bits per heavy atom. The van der Waals surface area contributed by atoms with Gasteiger partial charge in [-0.3, -0.25) is 0 Å². The maximum atomic E-state index is 5.41. The molecule has 84 valence electrons. The maximum absolute atomic E-state index is 5.41. The summed E-state index contributed by atoms with van der Waals surface area (Å²) in [6.45, 7) is 0. The first-order chi connectivity index (χ1) is 7.27. The van der Waals surface area contributed by atoms with Gasteiger partial charge in [0.1, 0.15) is 0 Å². The highest BCUT2D eigenvalue weighted by molar-refractivity contribution is 5.28. The van der Waals surface area contributed by atoms with Gasteiger partial charge in [-0.25, -0.2) is 0 Å². The Morgan fingerprint density at radius 2 is 1.87 bits per heavy atom. The largest absolute Gasteiger partial charge is 0.390 e. The molecule has 0 radical (unpaired) electrons. The summed E-state index contributed by atoms with van der Waals surface area (Å²) < 4.78 is 5.22. The lowest BCUT2D eigenvalue weighted by atomic mass is 10.1. The molecule has 1 heterocycles. The van der Waals surface area contributed by atoms with Gasteiger partial charge in [0.2, 0.25) is 0 Å². The smallest absolute Gasteiger partial charge is 0.319 e. The predicted octanol–water partition coefficient (Wildman–Crippen LogP) is 1.81. The summed E-state index contributed by atoms with van der Waals surface area (Å²) in [4.78, 5) is 2.06. The second kappa shape index (κ2) is 4.51. The molecule has 15 heavy (non-hydrogen) atoms. The van der Waals surface area contributed by atoms with E-state index in [1.165, 1.54) is 38.5 Å². The third-order valence-corrected chi connectivity index (χ3v) is 3.10. The molecule has 1 fully saturated rings. The van der Waals surface area contributed by atoms with E-state index in [0.29, 0.717) is 12.1 Å². The predicted molar refractivity (Wildman–Crippen MR) is 58.6 cm³/mol. The first-order valence-electron chi connectivity index (χ1n) is 5.59. The molecular weight excluding hydrogens is 192 g/mol. The van der Waals surface area contributed by atoms with Crippen molar-refractivity contribution in [2.45, 2.75) is 44.6 Å². The van der Waals surface area contributed by atoms with Gasteiger partial charge in [-0.2, -0.15) is 0 Å². The number of nitrogens with two attached hydrogens (primary N) is 1. The van der Waals surface area contributed by atoms with E-state index in [0.717, 1.165) is 0 Å². The Bertz CT molecular complexity index is 304. The van der Waals surface area contributed by atoms with Crippen LogP contribution in [0.3, 0.4) is 0 Å². The van der Waals surface area contributed by atoms with Crippen LogP contribution in [0.1, 0.15) is 38.5 Å². The highest BCUT2D eigenvalue weighted by Crippen LogP contribution is 2.24. The van der Waals surface area contributed by atoms with Gasteiger partial charge in [0, 0.05) is 13.1 Å². The Morgan fingerprint density at radius 3 is 2.40 bits per heavy atom. The van der Waals surface area contributed by atoms with Crippen LogP contribution in [0.4, 0.5) is 12.0 Å². The SMILES string of the molecule is CN(c1nnc(N)o1)C1CCCCCC1. The van der Waals surface area contributed by atoms with Crippen LogP contribution in [-0.2, 0) is 0 Å². The van der Waals surface area contributed by atoms with Crippen molar-refractivity contribution in [3.8, 4) is 0 Å². The molecule has 5 heteroatoms. The molecule has 1 saturated carbocycles. The van der Waals surface area contributed by atoms with Crippen LogP contribution in [0, 0.1) is 0 Å². The van der Waals surface area contributed by atoms with Gasteiger partial charge in [0.25, 0.3) is 0 Å². The molecule has 0 spiro atoms. The fourth-order valence-electron chi connectivity index (χ4n) is 2.17. The number of nitrogen functional groups attached to an aromatic ring is 1. The van der Waals surface area contributed by atoms with E-state index in [4.69, 9.17) is 10.2 Å². The lowest BCUT2D eigenvalue weighted by molar-refractivity contribution is 0.488. The lowest BCUT2D eigenvalue weighted by Crippen LogP contribution is -2.31. The standard InChI is InChI=1S/C10H18N4O/c1-14(10-13-12-9(11)15-10)8-6-4-2-3-5-7-8/h8H,2-7H2,1H3,(H2,11,12). The lowest BCUT2D eigenvalue weighted by Gasteiger charge is -2.24. The number of anilines is 2. The van der Waals surface area contributed by atoms with Crippen molar-refractivity contribution in [1.82, 2.24) is 10.2 Å². The van der Waals surface area contributed by atoms with Crippen LogP contribution >= 0.6 is 0 Å². The molecule has 1 aliphatic rings. The summed E-state index contributed by atoms with van der Waals surface area (Å²) in [5.74, 6) is 0. The maximum Gasteiger partial charge on any atom is 0.319 e. The van der Waals surface area contributed by atoms with Crippen LogP contribution in [0.2, 0.25) is 0 Å². The summed E-state index contributed by atoms with van der Waals surface area (Å²) in [6.07, 6.45) is 7.68. The average Bonchev–Trinajstić information content (AvgIpc) is 2.53. The van der Waals surface area contributed by atoms with E-state index in [1.54, 1.807) is 0 Å². The van der Waals surface area contributed by atoms with Gasteiger partial charge in [-0.15, -0.1) is 0 Å². The van der Waals surface area contributed by atoms with Gasteiger partial charge in [-0.05, 0) is 12.8 Å². The number of rotatable bonds is 2. The van der Waals surface area contributed by atoms with Crippen LogP contribution in [0.25, 0.3) is 0 Å². The summed E-state index contributed by atoms with van der Waals surface area (Å²) in [7, 11) is 2.00. The minimum Gasteiger partial charge on any atom is -0.390 e. The Hall–Kier alpha value is -1.26. The second-order valence-corrected chi connectivity index (χ2v) is 4.18. The zero-order valence-electron chi connectivity index (χ0n) is 9.15. The highest BCUT2D eigenvalue weighted by Gasteiger charge is 2.20. The number of nitrogens with zero attached hydrogens (tertiary/aromatic N) is 3. The molecule has 0 bridgehead atoms. The molecule has 1 aliphatic carbocycles. The molecule has 1 aromatic rings. The topological polar surface area (TPSA) is 68.2 Å². The van der Waals surface area contributed by atoms with Crippen molar-refractivity contribution < 1.29 is 4.42 Å². The number of aromatic nitrogens is 2. The Balaban J connectivity index is 2.02. The van der Waals surface area contributed by atoms with Crippen LogP contribution in [-0.4, -0.2) is 23.3 Å². The Labute approximate surface area is 89.6 Å². The van der Waals surface area contributed by atoms with E-state index in [1.807, 2.05) is 7.05 Å². The third kappa shape index (κ3) is 2.40. The third-order valence-electron chi connectivity index (χ3n) is 3.10. The Kier molecular flexibility index (Phi) is 3.08. The highest BCUT2D eigenvalue weighted by atomic mass is 16.4.